The van der Waals surface area contributed by atoms with Crippen LogP contribution in [0.25, 0.3) is 10.9 Å². The zero-order valence-electron chi connectivity index (χ0n) is 18.5. The molecular weight excluding hydrogens is 622 g/mol. The summed E-state index contributed by atoms with van der Waals surface area (Å²) >= 11 is 7.10. The lowest BCUT2D eigenvalue weighted by atomic mass is 9.80. The SMILES string of the molecule is CCCCOC(=O)N1C[C@H]2C[C@@H]1[C@H]2Nc1c(I)c(SC)nc2c(F)c(Br)c(CCC#N)cc12. The summed E-state index contributed by atoms with van der Waals surface area (Å²) in [6, 6.07) is 4.22. The van der Waals surface area contributed by atoms with E-state index in [-0.39, 0.29) is 18.2 Å². The molecule has 3 aliphatic rings. The molecule has 5 rings (SSSR count). The number of thioether (sulfide) groups is 1. The quantitative estimate of drug-likeness (QED) is 0.205. The maximum atomic E-state index is 15.3. The average Bonchev–Trinajstić information content (AvgIpc) is 3.40. The molecule has 176 valence electrons. The molecule has 33 heavy (non-hydrogen) atoms. The third-order valence-electron chi connectivity index (χ3n) is 6.41. The van der Waals surface area contributed by atoms with Gasteiger partial charge in [0, 0.05) is 24.3 Å². The first kappa shape index (κ1) is 24.8. The van der Waals surface area contributed by atoms with Crippen molar-refractivity contribution in [2.75, 3.05) is 24.7 Å². The first-order chi connectivity index (χ1) is 15.9. The number of anilines is 1. The van der Waals surface area contributed by atoms with Crippen LogP contribution in [0.1, 0.15) is 38.2 Å². The van der Waals surface area contributed by atoms with Crippen LogP contribution in [-0.2, 0) is 11.2 Å². The van der Waals surface area contributed by atoms with Gasteiger partial charge in [0.05, 0.1) is 38.5 Å². The van der Waals surface area contributed by atoms with Crippen molar-refractivity contribution in [1.82, 2.24) is 9.88 Å². The molecule has 2 aromatic rings. The van der Waals surface area contributed by atoms with Gasteiger partial charge >= 0.3 is 6.09 Å². The van der Waals surface area contributed by atoms with E-state index in [0.717, 1.165) is 39.1 Å². The molecule has 10 heteroatoms. The van der Waals surface area contributed by atoms with E-state index in [0.29, 0.717) is 47.3 Å². The Balaban J connectivity index is 1.66. The molecule has 2 bridgehead atoms. The Bertz CT molecular complexity index is 1130. The maximum absolute atomic E-state index is 15.3. The van der Waals surface area contributed by atoms with Gasteiger partial charge in [0.25, 0.3) is 0 Å². The molecule has 1 aromatic carbocycles. The van der Waals surface area contributed by atoms with Gasteiger partial charge in [-0.3, -0.25) is 0 Å². The van der Waals surface area contributed by atoms with Crippen LogP contribution in [0.3, 0.4) is 0 Å². The number of aromatic nitrogens is 1. The molecule has 1 saturated carbocycles. The van der Waals surface area contributed by atoms with Gasteiger partial charge in [-0.25, -0.2) is 14.2 Å². The summed E-state index contributed by atoms with van der Waals surface area (Å²) in [5.74, 6) is -0.0725. The van der Waals surface area contributed by atoms with Crippen molar-refractivity contribution < 1.29 is 13.9 Å². The van der Waals surface area contributed by atoms with E-state index in [1.165, 1.54) is 11.8 Å². The van der Waals surface area contributed by atoms with Crippen molar-refractivity contribution in [3.8, 4) is 6.07 Å². The van der Waals surface area contributed by atoms with Crippen molar-refractivity contribution >= 4 is 73.0 Å². The van der Waals surface area contributed by atoms with Crippen LogP contribution >= 0.6 is 50.3 Å². The summed E-state index contributed by atoms with van der Waals surface area (Å²) in [5.41, 5.74) is 1.89. The molecule has 2 saturated heterocycles. The van der Waals surface area contributed by atoms with E-state index >= 15 is 4.39 Å². The highest BCUT2D eigenvalue weighted by Gasteiger charge is 2.54. The standard InChI is InChI=1S/C23H25BrFIN4O2S/c1-3-4-8-32-23(31)30-11-13-10-15(30)19(13)28-21-14-9-12(6-5-7-27)16(24)17(25)20(14)29-22(33-2)18(21)26/h9,13,15,19H,3-6,8,10-11H2,1-2H3,(H,28,29)/t13-,15-,19+/m1/s1. The Morgan fingerprint density at radius 1 is 1.55 bits per heavy atom. The number of ether oxygens (including phenoxy) is 1. The van der Waals surface area contributed by atoms with E-state index in [1.54, 1.807) is 0 Å². The summed E-state index contributed by atoms with van der Waals surface area (Å²) in [6.45, 7) is 3.19. The van der Waals surface area contributed by atoms with Gasteiger partial charge < -0.3 is 15.0 Å². The number of aryl methyl sites for hydroxylation is 1. The van der Waals surface area contributed by atoms with Gasteiger partial charge in [-0.2, -0.15) is 5.26 Å². The van der Waals surface area contributed by atoms with Crippen LogP contribution in [0.4, 0.5) is 14.9 Å². The van der Waals surface area contributed by atoms with Crippen molar-refractivity contribution in [3.05, 3.63) is 25.5 Å². The molecule has 2 aliphatic heterocycles. The number of carbonyl (C=O) groups is 1. The monoisotopic (exact) mass is 646 g/mol. The Hall–Kier alpha value is -1.32. The van der Waals surface area contributed by atoms with Crippen molar-refractivity contribution in [1.29, 1.82) is 5.26 Å². The molecule has 1 N–H and O–H groups in total. The summed E-state index contributed by atoms with van der Waals surface area (Å²) < 4.78 is 22.1. The third-order valence-corrected chi connectivity index (χ3v) is 9.37. The number of benzene rings is 1. The van der Waals surface area contributed by atoms with Gasteiger partial charge in [0.2, 0.25) is 0 Å². The average molecular weight is 647 g/mol. The first-order valence-corrected chi connectivity index (χ1v) is 14.1. The van der Waals surface area contributed by atoms with E-state index in [4.69, 9.17) is 10.00 Å². The second-order valence-electron chi connectivity index (χ2n) is 8.38. The van der Waals surface area contributed by atoms with E-state index < -0.39 is 5.82 Å². The molecule has 6 nitrogen and oxygen atoms in total. The van der Waals surface area contributed by atoms with Gasteiger partial charge in [0.15, 0.2) is 5.82 Å². The molecule has 3 fully saturated rings. The van der Waals surface area contributed by atoms with Gasteiger partial charge in [-0.1, -0.05) is 13.3 Å². The zero-order chi connectivity index (χ0) is 23.7. The first-order valence-electron chi connectivity index (χ1n) is 11.0. The van der Waals surface area contributed by atoms with E-state index in [9.17, 15) is 4.79 Å². The number of nitriles is 1. The Kier molecular flexibility index (Phi) is 7.91. The minimum absolute atomic E-state index is 0.0687. The van der Waals surface area contributed by atoms with Crippen LogP contribution in [0.15, 0.2) is 15.6 Å². The minimum Gasteiger partial charge on any atom is -0.449 e. The number of nitrogens with one attached hydrogen (secondary N) is 1. The fourth-order valence-electron chi connectivity index (χ4n) is 4.59. The smallest absolute Gasteiger partial charge is 0.410 e. The Labute approximate surface area is 219 Å². The lowest BCUT2D eigenvalue weighted by Gasteiger charge is -2.38. The second kappa shape index (κ2) is 10.5. The molecule has 1 aliphatic carbocycles. The van der Waals surface area contributed by atoms with Crippen molar-refractivity contribution in [2.45, 2.75) is 56.1 Å². The number of halogens is 3. The number of nitrogens with zero attached hydrogens (tertiary/aromatic N) is 3. The molecule has 3 atom stereocenters. The van der Waals surface area contributed by atoms with Crippen LogP contribution in [0.2, 0.25) is 0 Å². The number of fused-ring (bicyclic) bond motifs is 2. The molecule has 0 unspecified atom stereocenters. The van der Waals surface area contributed by atoms with Crippen molar-refractivity contribution in [2.24, 2.45) is 5.92 Å². The Morgan fingerprint density at radius 2 is 2.33 bits per heavy atom. The van der Waals surface area contributed by atoms with E-state index in [2.05, 4.69) is 61.8 Å². The highest BCUT2D eigenvalue weighted by Crippen LogP contribution is 2.46. The minimum atomic E-state index is -0.409. The number of amides is 1. The number of unbranched alkanes of at least 4 members (excludes halogenated alkanes) is 1. The molecule has 1 amide bonds. The summed E-state index contributed by atoms with van der Waals surface area (Å²) in [6.07, 6.45) is 5.24. The fourth-order valence-corrected chi connectivity index (χ4v) is 6.78. The highest BCUT2D eigenvalue weighted by molar-refractivity contribution is 14.1. The highest BCUT2D eigenvalue weighted by atomic mass is 127. The van der Waals surface area contributed by atoms with Crippen LogP contribution in [-0.4, -0.2) is 47.5 Å². The van der Waals surface area contributed by atoms with Gasteiger partial charge in [-0.15, -0.1) is 11.8 Å². The van der Waals surface area contributed by atoms with E-state index in [1.807, 2.05) is 17.2 Å². The summed E-state index contributed by atoms with van der Waals surface area (Å²) in [5, 5.41) is 14.1. The molecule has 3 heterocycles. The van der Waals surface area contributed by atoms with Gasteiger partial charge in [-0.05, 0) is 75.7 Å². The lowest BCUT2D eigenvalue weighted by Crippen LogP contribution is -2.50. The molecular formula is C23H25BrFIN4O2S. The largest absolute Gasteiger partial charge is 0.449 e. The normalized spacial score (nSPS) is 21.1. The zero-order valence-corrected chi connectivity index (χ0v) is 23.0. The topological polar surface area (TPSA) is 78.2 Å². The predicted octanol–water partition coefficient (Wildman–Crippen LogP) is 6.34. The lowest BCUT2D eigenvalue weighted by molar-refractivity contribution is 0.0979. The van der Waals surface area contributed by atoms with Crippen LogP contribution in [0, 0.1) is 26.6 Å². The Morgan fingerprint density at radius 3 is 3.03 bits per heavy atom. The second-order valence-corrected chi connectivity index (χ2v) is 11.0. The molecule has 1 aromatic heterocycles. The summed E-state index contributed by atoms with van der Waals surface area (Å²) in [7, 11) is 0. The third kappa shape index (κ3) is 4.65. The number of rotatable bonds is 8. The number of carbonyl (C=O) groups excluding carboxylic acids is 1. The fraction of sp³-hybridized carbons (Fsp3) is 0.522. The summed E-state index contributed by atoms with van der Waals surface area (Å²) in [4.78, 5) is 19.0. The van der Waals surface area contributed by atoms with Crippen molar-refractivity contribution in [3.63, 3.8) is 0 Å². The van der Waals surface area contributed by atoms with Crippen LogP contribution in [0.5, 0.6) is 0 Å². The molecule has 0 spiro atoms. The number of hydrogen-bond acceptors (Lipinski definition) is 6. The maximum Gasteiger partial charge on any atom is 0.410 e. The number of hydrogen-bond donors (Lipinski definition) is 1. The van der Waals surface area contributed by atoms with Crippen LogP contribution < -0.4 is 5.32 Å². The predicted molar refractivity (Wildman–Crippen MR) is 140 cm³/mol. The molecule has 0 radical (unpaired) electrons. The number of pyridine rings is 1. The van der Waals surface area contributed by atoms with Gasteiger partial charge in [0.1, 0.15) is 10.5 Å².